The van der Waals surface area contributed by atoms with Crippen LogP contribution in [-0.2, 0) is 4.74 Å². The predicted octanol–water partition coefficient (Wildman–Crippen LogP) is 0.792. The average Bonchev–Trinajstić information content (AvgIpc) is 2.79. The number of phenolic OH excluding ortho intramolecular Hbond substituents is 2. The number of benzene rings is 2. The van der Waals surface area contributed by atoms with Crippen molar-refractivity contribution in [1.29, 1.82) is 0 Å². The van der Waals surface area contributed by atoms with Crippen LogP contribution in [0.4, 0.5) is 0 Å². The largest absolute Gasteiger partial charge is 0.504 e. The molecule has 1 aliphatic heterocycles. The van der Waals surface area contributed by atoms with E-state index in [4.69, 9.17) is 18.6 Å². The van der Waals surface area contributed by atoms with Gasteiger partial charge in [0.1, 0.15) is 35.0 Å². The summed E-state index contributed by atoms with van der Waals surface area (Å²) in [6.07, 6.45) is -6.22. The Hall–Kier alpha value is -3.51. The fourth-order valence-corrected chi connectivity index (χ4v) is 3.62. The molecule has 2 aromatic carbocycles. The first kappa shape index (κ1) is 22.7. The summed E-state index contributed by atoms with van der Waals surface area (Å²) in [6.45, 7) is 1.52. The third-order valence-electron chi connectivity index (χ3n) is 5.45. The predicted molar refractivity (Wildman–Crippen MR) is 112 cm³/mol. The molecule has 11 nitrogen and oxygen atoms in total. The van der Waals surface area contributed by atoms with Crippen LogP contribution in [0.2, 0.25) is 0 Å². The Morgan fingerprint density at radius 1 is 0.939 bits per heavy atom. The molecule has 3 aromatic rings. The van der Waals surface area contributed by atoms with Gasteiger partial charge in [-0.05, 0) is 31.2 Å². The summed E-state index contributed by atoms with van der Waals surface area (Å²) in [4.78, 5) is 12.7. The van der Waals surface area contributed by atoms with Crippen LogP contribution >= 0.6 is 0 Å². The first-order chi connectivity index (χ1) is 15.6. The highest BCUT2D eigenvalue weighted by Crippen LogP contribution is 2.43. The zero-order valence-electron chi connectivity index (χ0n) is 17.5. The van der Waals surface area contributed by atoms with Crippen LogP contribution in [0.25, 0.3) is 22.3 Å². The molecule has 1 aromatic heterocycles. The van der Waals surface area contributed by atoms with Crippen molar-refractivity contribution in [2.75, 3.05) is 7.11 Å². The first-order valence-corrected chi connectivity index (χ1v) is 9.89. The molecule has 1 fully saturated rings. The minimum atomic E-state index is -1.49. The Bertz CT molecular complexity index is 1230. The van der Waals surface area contributed by atoms with Gasteiger partial charge in [-0.3, -0.25) is 4.79 Å². The highest BCUT2D eigenvalue weighted by atomic mass is 16.7. The molecule has 2 heterocycles. The Morgan fingerprint density at radius 2 is 1.61 bits per heavy atom. The van der Waals surface area contributed by atoms with Crippen molar-refractivity contribution in [1.82, 2.24) is 0 Å². The summed E-state index contributed by atoms with van der Waals surface area (Å²) in [5, 5.41) is 60.0. The number of aliphatic hydroxyl groups is 3. The molecule has 0 amide bonds. The van der Waals surface area contributed by atoms with Crippen LogP contribution in [0.5, 0.6) is 28.7 Å². The van der Waals surface area contributed by atoms with Gasteiger partial charge in [-0.25, -0.2) is 0 Å². The minimum absolute atomic E-state index is 0.177. The number of phenols is 2. The number of methoxy groups -OCH3 is 1. The number of aromatic hydroxyl groups is 3. The number of ether oxygens (including phenoxy) is 3. The van der Waals surface area contributed by atoms with Gasteiger partial charge in [0, 0.05) is 11.6 Å². The second kappa shape index (κ2) is 8.45. The zero-order chi connectivity index (χ0) is 24.0. The molecule has 0 bridgehead atoms. The molecule has 2 unspecified atom stereocenters. The molecule has 176 valence electrons. The van der Waals surface area contributed by atoms with Crippen molar-refractivity contribution < 1.29 is 49.3 Å². The maximum Gasteiger partial charge on any atom is 0.238 e. The lowest BCUT2D eigenvalue weighted by molar-refractivity contribution is -0.268. The van der Waals surface area contributed by atoms with Gasteiger partial charge in [-0.1, -0.05) is 0 Å². The lowest BCUT2D eigenvalue weighted by Gasteiger charge is -2.38. The van der Waals surface area contributed by atoms with Gasteiger partial charge in [0.2, 0.25) is 23.2 Å². The molecule has 6 N–H and O–H groups in total. The van der Waals surface area contributed by atoms with Gasteiger partial charge >= 0.3 is 0 Å². The van der Waals surface area contributed by atoms with Gasteiger partial charge in [-0.2, -0.15) is 0 Å². The molecule has 0 radical (unpaired) electrons. The van der Waals surface area contributed by atoms with E-state index in [9.17, 15) is 35.4 Å². The lowest BCUT2D eigenvalue weighted by atomic mass is 10.00. The molecule has 11 heteroatoms. The summed E-state index contributed by atoms with van der Waals surface area (Å²) in [6, 6.07) is 6.87. The van der Waals surface area contributed by atoms with E-state index >= 15 is 0 Å². The van der Waals surface area contributed by atoms with Crippen molar-refractivity contribution in [2.45, 2.75) is 37.6 Å². The number of fused-ring (bicyclic) bond motifs is 1. The second-order valence-corrected chi connectivity index (χ2v) is 7.58. The molecule has 4 rings (SSSR count). The maximum absolute atomic E-state index is 12.7. The average molecular weight is 462 g/mol. The van der Waals surface area contributed by atoms with Gasteiger partial charge < -0.3 is 49.3 Å². The Kier molecular flexibility index (Phi) is 5.80. The lowest BCUT2D eigenvalue weighted by Crippen LogP contribution is -2.58. The van der Waals surface area contributed by atoms with E-state index in [1.165, 1.54) is 38.3 Å². The van der Waals surface area contributed by atoms with Crippen LogP contribution in [0.15, 0.2) is 39.5 Å². The SMILES string of the molecule is COc1c(O)cc2oc(-c3ccc(O[C@@H]4OC(C)[C@H](O)C(O)[C@@H]4O)cc3)c(O)c(=O)c2c1O. The molecular formula is C22H22O11. The number of aliphatic hydroxyl groups excluding tert-OH is 3. The molecule has 1 saturated heterocycles. The van der Waals surface area contributed by atoms with Gasteiger partial charge in [-0.15, -0.1) is 0 Å². The van der Waals surface area contributed by atoms with E-state index in [1.807, 2.05) is 0 Å². The highest BCUT2D eigenvalue weighted by molar-refractivity contribution is 5.91. The zero-order valence-corrected chi connectivity index (χ0v) is 17.5. The maximum atomic E-state index is 12.7. The molecule has 1 aliphatic rings. The summed E-state index contributed by atoms with van der Waals surface area (Å²) in [5.41, 5.74) is -0.839. The number of hydrogen-bond acceptors (Lipinski definition) is 11. The van der Waals surface area contributed by atoms with Gasteiger partial charge in [0.25, 0.3) is 0 Å². The molecular weight excluding hydrogens is 440 g/mol. The van der Waals surface area contributed by atoms with Crippen molar-refractivity contribution in [3.8, 4) is 40.1 Å². The smallest absolute Gasteiger partial charge is 0.238 e. The molecule has 0 aliphatic carbocycles. The number of hydrogen-bond donors (Lipinski definition) is 6. The standard InChI is InChI=1S/C22H22O11/c1-8-14(24)17(27)19(29)22(31-8)32-10-5-3-9(4-6-10)20-18(28)15(25)13-12(33-20)7-11(23)21(30-2)16(13)26/h3-8,14,17,19,22-24,26-29H,1-2H3/t8?,14-,17?,19-,22-/m0/s1. The summed E-state index contributed by atoms with van der Waals surface area (Å²) >= 11 is 0. The van der Waals surface area contributed by atoms with Crippen LogP contribution < -0.4 is 14.9 Å². The summed E-state index contributed by atoms with van der Waals surface area (Å²) < 4.78 is 21.4. The Balaban J connectivity index is 1.66. The Morgan fingerprint density at radius 3 is 2.24 bits per heavy atom. The van der Waals surface area contributed by atoms with Gasteiger partial charge in [0.05, 0.1) is 13.2 Å². The monoisotopic (exact) mass is 462 g/mol. The number of rotatable bonds is 4. The fraction of sp³-hybridized carbons (Fsp3) is 0.318. The van der Waals surface area contributed by atoms with Crippen LogP contribution in [0, 0.1) is 0 Å². The van der Waals surface area contributed by atoms with E-state index in [0.717, 1.165) is 6.07 Å². The van der Waals surface area contributed by atoms with E-state index in [-0.39, 0.29) is 33.8 Å². The van der Waals surface area contributed by atoms with Gasteiger partial charge in [0.15, 0.2) is 17.3 Å². The highest BCUT2D eigenvalue weighted by Gasteiger charge is 2.43. The molecule has 0 spiro atoms. The Labute approximate surface area is 186 Å². The van der Waals surface area contributed by atoms with Crippen LogP contribution in [0.3, 0.4) is 0 Å². The first-order valence-electron chi connectivity index (χ1n) is 9.89. The van der Waals surface area contributed by atoms with Crippen molar-refractivity contribution in [2.24, 2.45) is 0 Å². The van der Waals surface area contributed by atoms with E-state index < -0.39 is 53.4 Å². The minimum Gasteiger partial charge on any atom is -0.504 e. The van der Waals surface area contributed by atoms with Crippen LogP contribution in [0.1, 0.15) is 6.92 Å². The third kappa shape index (κ3) is 3.80. The molecule has 0 saturated carbocycles. The normalized spacial score (nSPS) is 25.2. The van der Waals surface area contributed by atoms with Crippen molar-refractivity contribution in [3.05, 3.63) is 40.6 Å². The fourth-order valence-electron chi connectivity index (χ4n) is 3.62. The van der Waals surface area contributed by atoms with E-state index in [2.05, 4.69) is 0 Å². The molecule has 33 heavy (non-hydrogen) atoms. The molecule has 5 atom stereocenters. The van der Waals surface area contributed by atoms with E-state index in [1.54, 1.807) is 0 Å². The quantitative estimate of drug-likeness (QED) is 0.323. The van der Waals surface area contributed by atoms with E-state index in [0.29, 0.717) is 0 Å². The van der Waals surface area contributed by atoms with Crippen molar-refractivity contribution in [3.63, 3.8) is 0 Å². The van der Waals surface area contributed by atoms with Crippen LogP contribution in [-0.4, -0.2) is 68.5 Å². The summed E-state index contributed by atoms with van der Waals surface area (Å²) in [5.74, 6) is -2.22. The second-order valence-electron chi connectivity index (χ2n) is 7.58. The van der Waals surface area contributed by atoms with Crippen molar-refractivity contribution >= 4 is 11.0 Å². The summed E-state index contributed by atoms with van der Waals surface area (Å²) in [7, 11) is 1.20. The third-order valence-corrected chi connectivity index (χ3v) is 5.45. The topological polar surface area (TPSA) is 179 Å².